The van der Waals surface area contributed by atoms with Crippen LogP contribution < -0.4 is 0 Å². The number of benzene rings is 1. The van der Waals surface area contributed by atoms with E-state index in [4.69, 9.17) is 21.1 Å². The normalized spacial score (nSPS) is 10.6. The van der Waals surface area contributed by atoms with Crippen LogP contribution in [0.2, 0.25) is 5.02 Å². The maximum atomic E-state index is 12.9. The van der Waals surface area contributed by atoms with Gasteiger partial charge in [0.1, 0.15) is 6.54 Å². The Morgan fingerprint density at radius 1 is 1.19 bits per heavy atom. The Morgan fingerprint density at radius 2 is 1.93 bits per heavy atom. The minimum atomic E-state index is -1.13. The number of aromatic nitrogens is 2. The standard InChI is InChI=1S/C19H16ClN3O4/c1-12-17(27-18(22-12)13-5-7-14(20)8-6-13)19(26)23(11-16(24)25)10-15-4-2-3-9-21-15/h2-9H,10-11H2,1H3,(H,24,25). The maximum Gasteiger partial charge on any atom is 0.323 e. The van der Waals surface area contributed by atoms with Crippen LogP contribution in [-0.4, -0.2) is 38.4 Å². The largest absolute Gasteiger partial charge is 0.480 e. The Labute approximate surface area is 160 Å². The van der Waals surface area contributed by atoms with Crippen LogP contribution in [0, 0.1) is 6.92 Å². The Kier molecular flexibility index (Phi) is 5.52. The molecule has 7 nitrogen and oxygen atoms in total. The zero-order chi connectivity index (χ0) is 19.4. The summed E-state index contributed by atoms with van der Waals surface area (Å²) in [6.07, 6.45) is 1.58. The molecule has 27 heavy (non-hydrogen) atoms. The van der Waals surface area contributed by atoms with E-state index in [0.29, 0.717) is 22.0 Å². The van der Waals surface area contributed by atoms with Crippen molar-refractivity contribution in [3.8, 4) is 11.5 Å². The zero-order valence-corrected chi connectivity index (χ0v) is 15.2. The van der Waals surface area contributed by atoms with E-state index in [-0.39, 0.29) is 18.2 Å². The molecular weight excluding hydrogens is 370 g/mol. The highest BCUT2D eigenvalue weighted by molar-refractivity contribution is 6.30. The Hall–Kier alpha value is -3.19. The minimum absolute atomic E-state index is 0.00266. The van der Waals surface area contributed by atoms with E-state index in [2.05, 4.69) is 9.97 Å². The Morgan fingerprint density at radius 3 is 2.56 bits per heavy atom. The third-order valence-corrected chi connectivity index (χ3v) is 4.03. The summed E-state index contributed by atoms with van der Waals surface area (Å²) >= 11 is 5.88. The van der Waals surface area contributed by atoms with Crippen LogP contribution in [0.1, 0.15) is 21.9 Å². The van der Waals surface area contributed by atoms with Crippen molar-refractivity contribution in [2.45, 2.75) is 13.5 Å². The summed E-state index contributed by atoms with van der Waals surface area (Å²) < 4.78 is 5.64. The van der Waals surface area contributed by atoms with Crippen molar-refractivity contribution in [1.29, 1.82) is 0 Å². The quantitative estimate of drug-likeness (QED) is 0.698. The van der Waals surface area contributed by atoms with Crippen molar-refractivity contribution in [2.24, 2.45) is 0 Å². The van der Waals surface area contributed by atoms with Crippen molar-refractivity contribution in [2.75, 3.05) is 6.54 Å². The number of hydrogen-bond acceptors (Lipinski definition) is 5. The van der Waals surface area contributed by atoms with Gasteiger partial charge in [0.05, 0.1) is 17.9 Å². The number of nitrogens with zero attached hydrogens (tertiary/aromatic N) is 3. The fraction of sp³-hybridized carbons (Fsp3) is 0.158. The first-order valence-electron chi connectivity index (χ1n) is 8.08. The molecule has 3 aromatic rings. The Bertz CT molecular complexity index is 955. The number of oxazole rings is 1. The SMILES string of the molecule is Cc1nc(-c2ccc(Cl)cc2)oc1C(=O)N(CC(=O)O)Cc1ccccn1. The molecule has 0 radical (unpaired) electrons. The van der Waals surface area contributed by atoms with Crippen LogP contribution >= 0.6 is 11.6 Å². The average Bonchev–Trinajstić information content (AvgIpc) is 3.03. The molecule has 0 aliphatic heterocycles. The van der Waals surface area contributed by atoms with Gasteiger partial charge in [-0.05, 0) is 43.3 Å². The predicted molar refractivity (Wildman–Crippen MR) is 98.3 cm³/mol. The highest BCUT2D eigenvalue weighted by Crippen LogP contribution is 2.24. The maximum absolute atomic E-state index is 12.9. The van der Waals surface area contributed by atoms with Crippen LogP contribution in [0.25, 0.3) is 11.5 Å². The van der Waals surface area contributed by atoms with Crippen molar-refractivity contribution >= 4 is 23.5 Å². The first-order chi connectivity index (χ1) is 12.9. The highest BCUT2D eigenvalue weighted by atomic mass is 35.5. The molecule has 0 saturated heterocycles. The van der Waals surface area contributed by atoms with Gasteiger partial charge in [-0.1, -0.05) is 17.7 Å². The van der Waals surface area contributed by atoms with Gasteiger partial charge >= 0.3 is 5.97 Å². The number of pyridine rings is 1. The molecule has 0 saturated carbocycles. The lowest BCUT2D eigenvalue weighted by molar-refractivity contribution is -0.137. The first-order valence-corrected chi connectivity index (χ1v) is 8.46. The molecule has 0 atom stereocenters. The molecule has 0 unspecified atom stereocenters. The topological polar surface area (TPSA) is 96.5 Å². The summed E-state index contributed by atoms with van der Waals surface area (Å²) in [6, 6.07) is 12.1. The van der Waals surface area contributed by atoms with Crippen LogP contribution in [0.3, 0.4) is 0 Å². The summed E-state index contributed by atoms with van der Waals surface area (Å²) in [5.74, 6) is -1.43. The number of aliphatic carboxylic acids is 1. The summed E-state index contributed by atoms with van der Waals surface area (Å²) in [5.41, 5.74) is 1.61. The van der Waals surface area contributed by atoms with Crippen LogP contribution in [-0.2, 0) is 11.3 Å². The van der Waals surface area contributed by atoms with Gasteiger partial charge in [-0.3, -0.25) is 14.6 Å². The molecule has 138 valence electrons. The van der Waals surface area contributed by atoms with E-state index in [9.17, 15) is 9.59 Å². The van der Waals surface area contributed by atoms with Crippen LogP contribution in [0.5, 0.6) is 0 Å². The van der Waals surface area contributed by atoms with Crippen molar-refractivity contribution in [1.82, 2.24) is 14.9 Å². The predicted octanol–water partition coefficient (Wildman–Crippen LogP) is 3.43. The van der Waals surface area contributed by atoms with Gasteiger partial charge in [-0.25, -0.2) is 4.98 Å². The second-order valence-electron chi connectivity index (χ2n) is 5.82. The number of aryl methyl sites for hydroxylation is 1. The number of carboxylic acid groups (broad SMARTS) is 1. The van der Waals surface area contributed by atoms with Crippen LogP contribution in [0.4, 0.5) is 0 Å². The first kappa shape index (κ1) is 18.6. The third-order valence-electron chi connectivity index (χ3n) is 3.77. The number of rotatable bonds is 6. The molecule has 0 aliphatic rings. The molecule has 3 rings (SSSR count). The van der Waals surface area contributed by atoms with Gasteiger partial charge in [-0.2, -0.15) is 0 Å². The lowest BCUT2D eigenvalue weighted by atomic mass is 10.2. The second-order valence-corrected chi connectivity index (χ2v) is 6.25. The monoisotopic (exact) mass is 385 g/mol. The second kappa shape index (κ2) is 8.01. The number of halogens is 1. The van der Waals surface area contributed by atoms with Gasteiger partial charge in [0.2, 0.25) is 11.7 Å². The molecule has 2 aromatic heterocycles. The summed E-state index contributed by atoms with van der Waals surface area (Å²) in [6.45, 7) is 1.20. The number of carbonyl (C=O) groups is 2. The van der Waals surface area contributed by atoms with Crippen molar-refractivity contribution < 1.29 is 19.1 Å². The minimum Gasteiger partial charge on any atom is -0.480 e. The van der Waals surface area contributed by atoms with Crippen molar-refractivity contribution in [3.63, 3.8) is 0 Å². The number of carboxylic acids is 1. The van der Waals surface area contributed by atoms with Gasteiger partial charge in [-0.15, -0.1) is 0 Å². The smallest absolute Gasteiger partial charge is 0.323 e. The molecule has 1 amide bonds. The lowest BCUT2D eigenvalue weighted by Gasteiger charge is -2.19. The molecule has 0 aliphatic carbocycles. The van der Waals surface area contributed by atoms with E-state index in [1.807, 2.05) is 0 Å². The molecule has 1 aromatic carbocycles. The fourth-order valence-corrected chi connectivity index (χ4v) is 2.63. The lowest BCUT2D eigenvalue weighted by Crippen LogP contribution is -2.35. The number of amides is 1. The summed E-state index contributed by atoms with van der Waals surface area (Å²) in [4.78, 5) is 33.7. The highest BCUT2D eigenvalue weighted by Gasteiger charge is 2.26. The molecule has 0 fully saturated rings. The number of hydrogen-bond donors (Lipinski definition) is 1. The number of carbonyl (C=O) groups excluding carboxylic acids is 1. The molecule has 0 spiro atoms. The zero-order valence-electron chi connectivity index (χ0n) is 14.4. The fourth-order valence-electron chi connectivity index (χ4n) is 2.50. The summed E-state index contributed by atoms with van der Waals surface area (Å²) in [5, 5.41) is 9.73. The van der Waals surface area contributed by atoms with E-state index in [1.165, 1.54) is 0 Å². The van der Waals surface area contributed by atoms with Gasteiger partial charge < -0.3 is 14.4 Å². The molecule has 2 heterocycles. The van der Waals surface area contributed by atoms with E-state index < -0.39 is 18.4 Å². The van der Waals surface area contributed by atoms with Crippen LogP contribution in [0.15, 0.2) is 53.1 Å². The molecule has 8 heteroatoms. The average molecular weight is 386 g/mol. The molecule has 1 N–H and O–H groups in total. The molecular formula is C19H16ClN3O4. The van der Waals surface area contributed by atoms with E-state index in [1.54, 1.807) is 55.6 Å². The van der Waals surface area contributed by atoms with Gasteiger partial charge in [0.25, 0.3) is 5.91 Å². The van der Waals surface area contributed by atoms with E-state index >= 15 is 0 Å². The Balaban J connectivity index is 1.89. The summed E-state index contributed by atoms with van der Waals surface area (Å²) in [7, 11) is 0. The molecule has 0 bridgehead atoms. The van der Waals surface area contributed by atoms with Gasteiger partial charge in [0.15, 0.2) is 0 Å². The third kappa shape index (κ3) is 4.51. The van der Waals surface area contributed by atoms with Gasteiger partial charge in [0, 0.05) is 16.8 Å². The van der Waals surface area contributed by atoms with Crippen molar-refractivity contribution in [3.05, 3.63) is 70.8 Å². The van der Waals surface area contributed by atoms with E-state index in [0.717, 1.165) is 4.90 Å².